The Balaban J connectivity index is 2.22. The van der Waals surface area contributed by atoms with Crippen LogP contribution in [0.4, 0.5) is 0 Å². The molecule has 0 heterocycles. The predicted molar refractivity (Wildman–Crippen MR) is 64.8 cm³/mol. The molecule has 0 radical (unpaired) electrons. The van der Waals surface area contributed by atoms with Gasteiger partial charge in [-0.15, -0.1) is 0 Å². The molecule has 0 bridgehead atoms. The van der Waals surface area contributed by atoms with Gasteiger partial charge in [-0.1, -0.05) is 70.6 Å². The molecule has 0 saturated heterocycles. The number of hydrogen-bond donors (Lipinski definition) is 0. The molecule has 14 heavy (non-hydrogen) atoms. The van der Waals surface area contributed by atoms with Gasteiger partial charge in [0.15, 0.2) is 0 Å². The second kappa shape index (κ2) is 3.74. The summed E-state index contributed by atoms with van der Waals surface area (Å²) in [7, 11) is 0. The van der Waals surface area contributed by atoms with Crippen molar-refractivity contribution < 1.29 is 0 Å². The Labute approximate surface area is 93.5 Å². The van der Waals surface area contributed by atoms with E-state index in [0.29, 0.717) is 5.92 Å². The van der Waals surface area contributed by atoms with Crippen LogP contribution >= 0.6 is 15.9 Å². The van der Waals surface area contributed by atoms with Crippen LogP contribution in [0.2, 0.25) is 0 Å². The van der Waals surface area contributed by atoms with Gasteiger partial charge in [0.25, 0.3) is 0 Å². The maximum absolute atomic E-state index is 3.62. The lowest BCUT2D eigenvalue weighted by Gasteiger charge is -2.20. The summed E-state index contributed by atoms with van der Waals surface area (Å²) < 4.78 is 0.0400. The van der Waals surface area contributed by atoms with Crippen molar-refractivity contribution in [2.75, 3.05) is 0 Å². The lowest BCUT2D eigenvalue weighted by Crippen LogP contribution is -2.11. The molecule has 1 aliphatic rings. The van der Waals surface area contributed by atoms with E-state index < -0.39 is 0 Å². The monoisotopic (exact) mass is 248 g/mol. The summed E-state index contributed by atoms with van der Waals surface area (Å²) in [6.07, 6.45) is 8.88. The number of alkyl halides is 1. The Morgan fingerprint density at radius 1 is 1.07 bits per heavy atom. The van der Waals surface area contributed by atoms with Crippen LogP contribution in [0.15, 0.2) is 54.6 Å². The highest BCUT2D eigenvalue weighted by Gasteiger charge is 2.17. The number of benzene rings is 1. The van der Waals surface area contributed by atoms with Crippen LogP contribution in [0.3, 0.4) is 0 Å². The van der Waals surface area contributed by atoms with E-state index in [9.17, 15) is 0 Å². The highest BCUT2D eigenvalue weighted by atomic mass is 79.9. The minimum Gasteiger partial charge on any atom is -0.0765 e. The zero-order valence-corrected chi connectivity index (χ0v) is 9.74. The molecule has 0 aliphatic heterocycles. The predicted octanol–water partition coefficient (Wildman–Crippen LogP) is 4.05. The molecular weight excluding hydrogens is 236 g/mol. The van der Waals surface area contributed by atoms with E-state index in [0.717, 1.165) is 0 Å². The summed E-state index contributed by atoms with van der Waals surface area (Å²) in [6, 6.07) is 10.5. The average molecular weight is 249 g/mol. The molecule has 0 nitrogen and oxygen atoms in total. The topological polar surface area (TPSA) is 0 Å². The Morgan fingerprint density at radius 3 is 2.21 bits per heavy atom. The Bertz CT molecular complexity index is 344. The van der Waals surface area contributed by atoms with Gasteiger partial charge in [-0.2, -0.15) is 0 Å². The second-order valence-corrected chi connectivity index (χ2v) is 5.51. The minimum atomic E-state index is 0.0400. The summed E-state index contributed by atoms with van der Waals surface area (Å²) in [4.78, 5) is 0. The lowest BCUT2D eigenvalue weighted by atomic mass is 9.91. The molecule has 0 amide bonds. The first-order chi connectivity index (χ1) is 6.67. The van der Waals surface area contributed by atoms with Crippen molar-refractivity contribution in [3.8, 4) is 0 Å². The smallest absolute Gasteiger partial charge is 0.0588 e. The first-order valence-electron chi connectivity index (χ1n) is 4.80. The van der Waals surface area contributed by atoms with Gasteiger partial charge < -0.3 is 0 Å². The first kappa shape index (κ1) is 9.72. The standard InChI is InChI=1S/C13H13Br/c1-13(14)9-7-12(8-10-13)11-5-3-2-4-6-11/h2-10,12H,1H3. The van der Waals surface area contributed by atoms with Gasteiger partial charge in [-0.05, 0) is 12.5 Å². The number of rotatable bonds is 1. The largest absolute Gasteiger partial charge is 0.0765 e. The molecule has 1 aliphatic carbocycles. The van der Waals surface area contributed by atoms with Gasteiger partial charge in [0.1, 0.15) is 0 Å². The zero-order valence-electron chi connectivity index (χ0n) is 8.15. The molecular formula is C13H13Br. The van der Waals surface area contributed by atoms with Crippen LogP contribution in [0.1, 0.15) is 18.4 Å². The van der Waals surface area contributed by atoms with Crippen molar-refractivity contribution >= 4 is 15.9 Å². The Kier molecular flexibility index (Phi) is 2.60. The molecule has 72 valence electrons. The van der Waals surface area contributed by atoms with Gasteiger partial charge in [0.2, 0.25) is 0 Å². The molecule has 0 fully saturated rings. The van der Waals surface area contributed by atoms with Gasteiger partial charge in [0.05, 0.1) is 4.32 Å². The van der Waals surface area contributed by atoms with E-state index in [1.165, 1.54) is 5.56 Å². The second-order valence-electron chi connectivity index (χ2n) is 3.81. The third-order valence-corrected chi connectivity index (χ3v) is 2.97. The third kappa shape index (κ3) is 2.16. The summed E-state index contributed by atoms with van der Waals surface area (Å²) in [5.74, 6) is 0.432. The average Bonchev–Trinajstić information content (AvgIpc) is 2.19. The van der Waals surface area contributed by atoms with Crippen LogP contribution in [0.25, 0.3) is 0 Å². The molecule has 1 aromatic carbocycles. The Morgan fingerprint density at radius 2 is 1.64 bits per heavy atom. The SMILES string of the molecule is CC1(Br)C=CC(c2ccccc2)C=C1. The zero-order chi connectivity index (χ0) is 10.0. The molecule has 1 heteroatoms. The molecule has 1 aromatic rings. The number of allylic oxidation sites excluding steroid dienone is 4. The Hall–Kier alpha value is -0.820. The molecule has 0 spiro atoms. The van der Waals surface area contributed by atoms with Crippen molar-refractivity contribution in [1.29, 1.82) is 0 Å². The summed E-state index contributed by atoms with van der Waals surface area (Å²) in [5, 5.41) is 0. The van der Waals surface area contributed by atoms with E-state index in [1.807, 2.05) is 6.07 Å². The summed E-state index contributed by atoms with van der Waals surface area (Å²) in [5.41, 5.74) is 1.35. The summed E-state index contributed by atoms with van der Waals surface area (Å²) in [6.45, 7) is 2.14. The van der Waals surface area contributed by atoms with Crippen molar-refractivity contribution in [3.63, 3.8) is 0 Å². The molecule has 2 rings (SSSR count). The normalized spacial score (nSPS) is 30.6. The fourth-order valence-electron chi connectivity index (χ4n) is 1.60. The summed E-state index contributed by atoms with van der Waals surface area (Å²) >= 11 is 3.62. The van der Waals surface area contributed by atoms with Crippen LogP contribution in [0, 0.1) is 0 Å². The maximum atomic E-state index is 3.62. The van der Waals surface area contributed by atoms with E-state index in [2.05, 4.69) is 71.4 Å². The van der Waals surface area contributed by atoms with Crippen LogP contribution in [-0.2, 0) is 0 Å². The van der Waals surface area contributed by atoms with Crippen LogP contribution < -0.4 is 0 Å². The molecule has 0 unspecified atom stereocenters. The van der Waals surface area contributed by atoms with Crippen LogP contribution in [-0.4, -0.2) is 4.32 Å². The van der Waals surface area contributed by atoms with Crippen molar-refractivity contribution in [2.24, 2.45) is 0 Å². The van der Waals surface area contributed by atoms with Gasteiger partial charge in [-0.3, -0.25) is 0 Å². The molecule has 0 N–H and O–H groups in total. The van der Waals surface area contributed by atoms with Gasteiger partial charge in [0, 0.05) is 5.92 Å². The van der Waals surface area contributed by atoms with Gasteiger partial charge >= 0.3 is 0 Å². The van der Waals surface area contributed by atoms with E-state index in [4.69, 9.17) is 0 Å². The van der Waals surface area contributed by atoms with E-state index >= 15 is 0 Å². The molecule has 0 saturated carbocycles. The number of halogens is 1. The fourth-order valence-corrected chi connectivity index (χ4v) is 1.91. The fraction of sp³-hybridized carbons (Fsp3) is 0.231. The highest BCUT2D eigenvalue weighted by molar-refractivity contribution is 9.10. The highest BCUT2D eigenvalue weighted by Crippen LogP contribution is 2.30. The number of hydrogen-bond acceptors (Lipinski definition) is 0. The van der Waals surface area contributed by atoms with Crippen molar-refractivity contribution in [3.05, 3.63) is 60.2 Å². The first-order valence-corrected chi connectivity index (χ1v) is 5.59. The van der Waals surface area contributed by atoms with E-state index in [-0.39, 0.29) is 4.32 Å². The lowest BCUT2D eigenvalue weighted by molar-refractivity contribution is 0.940. The molecule has 0 aromatic heterocycles. The van der Waals surface area contributed by atoms with Crippen molar-refractivity contribution in [2.45, 2.75) is 17.2 Å². The van der Waals surface area contributed by atoms with Crippen LogP contribution in [0.5, 0.6) is 0 Å². The van der Waals surface area contributed by atoms with Crippen molar-refractivity contribution in [1.82, 2.24) is 0 Å². The molecule has 0 atom stereocenters. The minimum absolute atomic E-state index is 0.0400. The van der Waals surface area contributed by atoms with Gasteiger partial charge in [-0.25, -0.2) is 0 Å². The van der Waals surface area contributed by atoms with E-state index in [1.54, 1.807) is 0 Å². The quantitative estimate of drug-likeness (QED) is 0.520. The maximum Gasteiger partial charge on any atom is 0.0588 e. The third-order valence-electron chi connectivity index (χ3n) is 2.44.